The van der Waals surface area contributed by atoms with Crippen LogP contribution in [0.4, 0.5) is 14.7 Å². The third-order valence-corrected chi connectivity index (χ3v) is 7.55. The SMILES string of the molecule is Cc1ccc(-n2c(SCc3ccc(S(=O)(=O)C(F)F)cc3)nnc2N2CCCC2)cc1. The lowest BCUT2D eigenvalue weighted by molar-refractivity contribution is 0.234. The molecular formula is C21H22F2N4O2S2. The van der Waals surface area contributed by atoms with Crippen molar-refractivity contribution in [1.29, 1.82) is 0 Å². The van der Waals surface area contributed by atoms with Crippen molar-refractivity contribution in [2.24, 2.45) is 0 Å². The molecule has 164 valence electrons. The zero-order chi connectivity index (χ0) is 22.0. The molecule has 0 bridgehead atoms. The highest BCUT2D eigenvalue weighted by atomic mass is 32.2. The van der Waals surface area contributed by atoms with Gasteiger partial charge in [0.25, 0.3) is 0 Å². The van der Waals surface area contributed by atoms with Crippen molar-refractivity contribution < 1.29 is 17.2 Å². The van der Waals surface area contributed by atoms with E-state index in [1.54, 1.807) is 12.1 Å². The van der Waals surface area contributed by atoms with E-state index in [2.05, 4.69) is 15.1 Å². The monoisotopic (exact) mass is 464 g/mol. The highest BCUT2D eigenvalue weighted by Crippen LogP contribution is 2.31. The second-order valence-corrected chi connectivity index (χ2v) is 10.2. The van der Waals surface area contributed by atoms with Gasteiger partial charge in [-0.3, -0.25) is 4.57 Å². The van der Waals surface area contributed by atoms with Gasteiger partial charge in [0.1, 0.15) is 0 Å². The zero-order valence-electron chi connectivity index (χ0n) is 16.9. The second-order valence-electron chi connectivity index (χ2n) is 7.39. The first kappa shape index (κ1) is 21.8. The van der Waals surface area contributed by atoms with Gasteiger partial charge in [-0.25, -0.2) is 8.42 Å². The summed E-state index contributed by atoms with van der Waals surface area (Å²) in [5, 5.41) is 9.54. The van der Waals surface area contributed by atoms with Gasteiger partial charge in [-0.15, -0.1) is 10.2 Å². The summed E-state index contributed by atoms with van der Waals surface area (Å²) in [7, 11) is -4.59. The fourth-order valence-corrected chi connectivity index (χ4v) is 5.05. The van der Waals surface area contributed by atoms with Gasteiger partial charge in [-0.2, -0.15) is 8.78 Å². The van der Waals surface area contributed by atoms with Crippen LogP contribution >= 0.6 is 11.8 Å². The van der Waals surface area contributed by atoms with Crippen LogP contribution in [0.25, 0.3) is 5.69 Å². The number of alkyl halides is 2. The van der Waals surface area contributed by atoms with E-state index in [9.17, 15) is 17.2 Å². The maximum atomic E-state index is 12.7. The molecule has 0 atom stereocenters. The largest absolute Gasteiger partial charge is 0.341 e. The molecule has 0 N–H and O–H groups in total. The molecule has 1 aliphatic rings. The highest BCUT2D eigenvalue weighted by molar-refractivity contribution is 7.98. The van der Waals surface area contributed by atoms with Crippen LogP contribution in [0.1, 0.15) is 24.0 Å². The molecule has 31 heavy (non-hydrogen) atoms. The lowest BCUT2D eigenvalue weighted by Crippen LogP contribution is -2.22. The van der Waals surface area contributed by atoms with E-state index >= 15 is 0 Å². The summed E-state index contributed by atoms with van der Waals surface area (Å²) in [4.78, 5) is 1.84. The van der Waals surface area contributed by atoms with E-state index in [1.165, 1.54) is 23.9 Å². The number of rotatable bonds is 7. The lowest BCUT2D eigenvalue weighted by atomic mass is 10.2. The van der Waals surface area contributed by atoms with Crippen molar-refractivity contribution in [3.8, 4) is 5.69 Å². The first-order valence-electron chi connectivity index (χ1n) is 9.87. The maximum absolute atomic E-state index is 12.7. The summed E-state index contributed by atoms with van der Waals surface area (Å²) in [6, 6.07) is 13.7. The van der Waals surface area contributed by atoms with Crippen molar-refractivity contribution >= 4 is 27.5 Å². The molecule has 0 aliphatic carbocycles. The van der Waals surface area contributed by atoms with Crippen LogP contribution in [0.15, 0.2) is 58.6 Å². The van der Waals surface area contributed by atoms with E-state index in [-0.39, 0.29) is 4.90 Å². The predicted molar refractivity (Wildman–Crippen MR) is 117 cm³/mol. The number of aromatic nitrogens is 3. The molecule has 1 saturated heterocycles. The van der Waals surface area contributed by atoms with Gasteiger partial charge < -0.3 is 4.90 Å². The average molecular weight is 465 g/mol. The van der Waals surface area contributed by atoms with E-state index < -0.39 is 15.6 Å². The summed E-state index contributed by atoms with van der Waals surface area (Å²) in [6.07, 6.45) is 2.24. The Morgan fingerprint density at radius 1 is 1.00 bits per heavy atom. The van der Waals surface area contributed by atoms with Gasteiger partial charge in [0.2, 0.25) is 15.8 Å². The molecule has 0 saturated carbocycles. The van der Waals surface area contributed by atoms with Crippen LogP contribution in [-0.2, 0) is 15.6 Å². The molecule has 2 aromatic carbocycles. The molecule has 3 aromatic rings. The van der Waals surface area contributed by atoms with Crippen LogP contribution in [0, 0.1) is 6.92 Å². The lowest BCUT2D eigenvalue weighted by Gasteiger charge is -2.18. The Bertz CT molecular complexity index is 1140. The smallest absolute Gasteiger partial charge is 0.341 e. The minimum absolute atomic E-state index is 0.379. The summed E-state index contributed by atoms with van der Waals surface area (Å²) in [5.41, 5.74) is 2.94. The molecule has 0 unspecified atom stereocenters. The van der Waals surface area contributed by atoms with Crippen molar-refractivity contribution in [3.63, 3.8) is 0 Å². The molecule has 4 rings (SSSR count). The number of halogens is 2. The minimum atomic E-state index is -4.59. The molecule has 10 heteroatoms. The van der Waals surface area contributed by atoms with Crippen LogP contribution in [-0.4, -0.2) is 42.0 Å². The zero-order valence-corrected chi connectivity index (χ0v) is 18.5. The molecule has 2 heterocycles. The Kier molecular flexibility index (Phi) is 6.29. The number of thioether (sulfide) groups is 1. The Morgan fingerprint density at radius 2 is 1.65 bits per heavy atom. The van der Waals surface area contributed by atoms with E-state index in [1.807, 2.05) is 35.8 Å². The first-order valence-corrected chi connectivity index (χ1v) is 12.4. The Balaban J connectivity index is 1.58. The number of hydrogen-bond donors (Lipinski definition) is 0. The Labute approximate surface area is 184 Å². The Hall–Kier alpha value is -2.46. The summed E-state index contributed by atoms with van der Waals surface area (Å²) < 4.78 is 50.7. The number of benzene rings is 2. The average Bonchev–Trinajstić information content (AvgIpc) is 3.43. The molecule has 0 radical (unpaired) electrons. The summed E-state index contributed by atoms with van der Waals surface area (Å²) >= 11 is 1.46. The molecule has 0 amide bonds. The Morgan fingerprint density at radius 3 is 2.26 bits per heavy atom. The molecule has 0 spiro atoms. The fraction of sp³-hybridized carbons (Fsp3) is 0.333. The normalized spacial score (nSPS) is 14.5. The molecule has 6 nitrogen and oxygen atoms in total. The number of hydrogen-bond acceptors (Lipinski definition) is 6. The van der Waals surface area contributed by atoms with Crippen molar-refractivity contribution in [2.75, 3.05) is 18.0 Å². The van der Waals surface area contributed by atoms with Gasteiger partial charge in [0.15, 0.2) is 5.16 Å². The topological polar surface area (TPSA) is 68.1 Å². The van der Waals surface area contributed by atoms with E-state index in [4.69, 9.17) is 0 Å². The first-order chi connectivity index (χ1) is 14.9. The van der Waals surface area contributed by atoms with E-state index in [0.29, 0.717) is 5.75 Å². The third-order valence-electron chi connectivity index (χ3n) is 5.15. The fourth-order valence-electron chi connectivity index (χ4n) is 3.42. The van der Waals surface area contributed by atoms with Crippen LogP contribution < -0.4 is 4.90 Å². The molecule has 1 fully saturated rings. The van der Waals surface area contributed by atoms with Gasteiger partial charge in [0.05, 0.1) is 10.6 Å². The van der Waals surface area contributed by atoms with Gasteiger partial charge >= 0.3 is 5.76 Å². The standard InChI is InChI=1S/C21H22F2N4O2S2/c1-15-4-8-17(9-5-15)27-20(26-12-2-3-13-26)24-25-21(27)30-14-16-6-10-18(11-7-16)31(28,29)19(22)23/h4-11,19H,2-3,12-14H2,1H3. The number of anilines is 1. The summed E-state index contributed by atoms with van der Waals surface area (Å²) in [5.74, 6) is -2.12. The van der Waals surface area contributed by atoms with Gasteiger partial charge in [-0.05, 0) is 49.6 Å². The predicted octanol–water partition coefficient (Wildman–Crippen LogP) is 4.46. The molecular weight excluding hydrogens is 442 g/mol. The van der Waals surface area contributed by atoms with Gasteiger partial charge in [-0.1, -0.05) is 41.6 Å². The molecule has 1 aliphatic heterocycles. The second kappa shape index (κ2) is 8.96. The van der Waals surface area contributed by atoms with Crippen LogP contribution in [0.2, 0.25) is 0 Å². The van der Waals surface area contributed by atoms with Crippen molar-refractivity contribution in [1.82, 2.24) is 14.8 Å². The van der Waals surface area contributed by atoms with Crippen molar-refractivity contribution in [3.05, 3.63) is 59.7 Å². The van der Waals surface area contributed by atoms with Gasteiger partial charge in [0, 0.05) is 18.8 Å². The molecule has 1 aromatic heterocycles. The number of nitrogens with zero attached hydrogens (tertiary/aromatic N) is 4. The van der Waals surface area contributed by atoms with Crippen LogP contribution in [0.3, 0.4) is 0 Å². The highest BCUT2D eigenvalue weighted by Gasteiger charge is 2.26. The number of aryl methyl sites for hydroxylation is 1. The summed E-state index contributed by atoms with van der Waals surface area (Å²) in [6.45, 7) is 3.91. The van der Waals surface area contributed by atoms with E-state index in [0.717, 1.165) is 53.9 Å². The quantitative estimate of drug-likeness (QED) is 0.481. The third kappa shape index (κ3) is 4.59. The maximum Gasteiger partial charge on any atom is 0.341 e. The van der Waals surface area contributed by atoms with Crippen LogP contribution in [0.5, 0.6) is 0 Å². The van der Waals surface area contributed by atoms with Crippen molar-refractivity contribution in [2.45, 2.75) is 41.3 Å². The number of sulfone groups is 1. The minimum Gasteiger partial charge on any atom is -0.341 e.